The van der Waals surface area contributed by atoms with Crippen molar-refractivity contribution in [1.82, 2.24) is 0 Å². The van der Waals surface area contributed by atoms with E-state index in [4.69, 9.17) is 4.74 Å². The number of hydrogen-bond acceptors (Lipinski definition) is 1. The summed E-state index contributed by atoms with van der Waals surface area (Å²) in [6, 6.07) is 4.38. The van der Waals surface area contributed by atoms with E-state index in [0.717, 1.165) is 12.4 Å². The summed E-state index contributed by atoms with van der Waals surface area (Å²) in [4.78, 5) is 1.72. The molecule has 0 aromatic heterocycles. The van der Waals surface area contributed by atoms with Gasteiger partial charge in [0.05, 0.1) is 26.2 Å². The zero-order valence-electron chi connectivity index (χ0n) is 14.7. The van der Waals surface area contributed by atoms with Crippen molar-refractivity contribution in [2.75, 3.05) is 26.2 Å². The second kappa shape index (κ2) is 9.83. The molecule has 0 aliphatic rings. The maximum atomic E-state index is 5.96. The summed E-state index contributed by atoms with van der Waals surface area (Å²) in [5.74, 6) is 1.07. The highest BCUT2D eigenvalue weighted by Crippen LogP contribution is 2.23. The molecule has 0 aliphatic carbocycles. The maximum absolute atomic E-state index is 5.96. The average Bonchev–Trinajstić information content (AvgIpc) is 2.46. The Hall–Kier alpha value is -1.02. The van der Waals surface area contributed by atoms with Gasteiger partial charge in [-0.2, -0.15) is 0 Å². The monoisotopic (exact) mass is 292 g/mol. The van der Waals surface area contributed by atoms with Gasteiger partial charge in [0.25, 0.3) is 0 Å². The van der Waals surface area contributed by atoms with Crippen LogP contribution in [-0.4, -0.2) is 26.2 Å². The van der Waals surface area contributed by atoms with E-state index in [1.165, 1.54) is 62.0 Å². The van der Waals surface area contributed by atoms with E-state index in [9.17, 15) is 0 Å². The van der Waals surface area contributed by atoms with Gasteiger partial charge in [-0.05, 0) is 83.1 Å². The van der Waals surface area contributed by atoms with E-state index in [0.29, 0.717) is 0 Å². The van der Waals surface area contributed by atoms with E-state index in [1.54, 1.807) is 4.90 Å². The number of ether oxygens (including phenoxy) is 1. The Morgan fingerprint density at radius 1 is 0.905 bits per heavy atom. The summed E-state index contributed by atoms with van der Waals surface area (Å²) >= 11 is 0. The molecule has 0 radical (unpaired) electrons. The minimum Gasteiger partial charge on any atom is -0.493 e. The highest BCUT2D eigenvalue weighted by Gasteiger charge is 2.04. The van der Waals surface area contributed by atoms with Crippen molar-refractivity contribution in [2.45, 2.75) is 60.3 Å². The number of hydrogen-bond donors (Lipinski definition) is 1. The predicted molar refractivity (Wildman–Crippen MR) is 91.5 cm³/mol. The van der Waals surface area contributed by atoms with Gasteiger partial charge in [0, 0.05) is 0 Å². The van der Waals surface area contributed by atoms with Crippen molar-refractivity contribution in [3.05, 3.63) is 28.8 Å². The largest absolute Gasteiger partial charge is 0.493 e. The summed E-state index contributed by atoms with van der Waals surface area (Å²) in [6.45, 7) is 15.7. The normalized spacial score (nSPS) is 11.1. The fourth-order valence-corrected chi connectivity index (χ4v) is 2.77. The molecule has 120 valence electrons. The Bertz CT molecular complexity index is 410. The summed E-state index contributed by atoms with van der Waals surface area (Å²) in [5.41, 5.74) is 3.90. The third-order valence-electron chi connectivity index (χ3n) is 4.45. The molecule has 0 spiro atoms. The Balaban J connectivity index is 2.17. The van der Waals surface area contributed by atoms with Gasteiger partial charge in [-0.1, -0.05) is 6.07 Å². The fraction of sp³-hybridized carbons (Fsp3) is 0.684. The van der Waals surface area contributed by atoms with Gasteiger partial charge in [0.15, 0.2) is 0 Å². The number of aryl methyl sites for hydroxylation is 2. The average molecular weight is 292 g/mol. The van der Waals surface area contributed by atoms with Gasteiger partial charge < -0.3 is 9.64 Å². The smallest absolute Gasteiger partial charge is 0.122 e. The first-order valence-corrected chi connectivity index (χ1v) is 8.62. The first-order chi connectivity index (χ1) is 10.1. The topological polar surface area (TPSA) is 13.7 Å². The Kier molecular flexibility index (Phi) is 8.44. The highest BCUT2D eigenvalue weighted by atomic mass is 16.5. The quantitative estimate of drug-likeness (QED) is 0.652. The molecule has 0 bridgehead atoms. The molecule has 1 aromatic carbocycles. The van der Waals surface area contributed by atoms with Crippen LogP contribution >= 0.6 is 0 Å². The van der Waals surface area contributed by atoms with Gasteiger partial charge in [0.2, 0.25) is 0 Å². The first kappa shape index (κ1) is 18.0. The van der Waals surface area contributed by atoms with Crippen molar-refractivity contribution in [3.8, 4) is 5.75 Å². The maximum Gasteiger partial charge on any atom is 0.122 e. The number of unbranched alkanes of at least 4 members (excludes halogenated alkanes) is 3. The van der Waals surface area contributed by atoms with Crippen molar-refractivity contribution < 1.29 is 9.64 Å². The summed E-state index contributed by atoms with van der Waals surface area (Å²) < 4.78 is 5.96. The number of rotatable bonds is 10. The molecule has 0 fully saturated rings. The highest BCUT2D eigenvalue weighted by molar-refractivity contribution is 5.41. The van der Waals surface area contributed by atoms with Crippen LogP contribution in [0.2, 0.25) is 0 Å². The van der Waals surface area contributed by atoms with E-state index in [2.05, 4.69) is 46.8 Å². The summed E-state index contributed by atoms with van der Waals surface area (Å²) in [5, 5.41) is 0. The van der Waals surface area contributed by atoms with Gasteiger partial charge in [-0.3, -0.25) is 0 Å². The Morgan fingerprint density at radius 3 is 2.24 bits per heavy atom. The number of nitrogens with one attached hydrogen (secondary N) is 1. The van der Waals surface area contributed by atoms with Crippen LogP contribution in [0.4, 0.5) is 0 Å². The molecular formula is C19H34NO+. The third-order valence-corrected chi connectivity index (χ3v) is 4.45. The molecule has 2 heteroatoms. The van der Waals surface area contributed by atoms with Crippen LogP contribution in [-0.2, 0) is 0 Å². The van der Waals surface area contributed by atoms with Crippen LogP contribution in [0.3, 0.4) is 0 Å². The SMILES string of the molecule is CC[NH+](CC)CCCCCCOc1cc(C)cc(C)c1C. The molecule has 0 aliphatic heterocycles. The lowest BCUT2D eigenvalue weighted by Crippen LogP contribution is -3.11. The molecule has 0 saturated heterocycles. The predicted octanol–water partition coefficient (Wildman–Crippen LogP) is 3.48. The zero-order chi connectivity index (χ0) is 15.7. The van der Waals surface area contributed by atoms with Crippen LogP contribution in [0.25, 0.3) is 0 Å². The molecule has 0 saturated carbocycles. The molecule has 0 unspecified atom stereocenters. The van der Waals surface area contributed by atoms with Gasteiger partial charge in [-0.15, -0.1) is 0 Å². The van der Waals surface area contributed by atoms with E-state index < -0.39 is 0 Å². The third kappa shape index (κ3) is 6.52. The number of benzene rings is 1. The lowest BCUT2D eigenvalue weighted by molar-refractivity contribution is -0.896. The Morgan fingerprint density at radius 2 is 1.57 bits per heavy atom. The fourth-order valence-electron chi connectivity index (χ4n) is 2.77. The second-order valence-electron chi connectivity index (χ2n) is 6.17. The molecule has 2 nitrogen and oxygen atoms in total. The first-order valence-electron chi connectivity index (χ1n) is 8.62. The van der Waals surface area contributed by atoms with Crippen LogP contribution < -0.4 is 9.64 Å². The van der Waals surface area contributed by atoms with Crippen molar-refractivity contribution in [3.63, 3.8) is 0 Å². The molecule has 1 rings (SSSR count). The van der Waals surface area contributed by atoms with Crippen LogP contribution in [0.1, 0.15) is 56.2 Å². The molecule has 21 heavy (non-hydrogen) atoms. The molecular weight excluding hydrogens is 258 g/mol. The number of quaternary nitrogens is 1. The molecule has 1 aromatic rings. The molecule has 0 amide bonds. The van der Waals surface area contributed by atoms with Crippen LogP contribution in [0.5, 0.6) is 5.75 Å². The zero-order valence-corrected chi connectivity index (χ0v) is 14.7. The van der Waals surface area contributed by atoms with E-state index in [-0.39, 0.29) is 0 Å². The standard InChI is InChI=1S/C19H33NO/c1-6-20(7-2)12-10-8-9-11-13-21-19-15-16(3)14-17(4)18(19)5/h14-15H,6-13H2,1-5H3/p+1. The van der Waals surface area contributed by atoms with Crippen molar-refractivity contribution in [2.24, 2.45) is 0 Å². The van der Waals surface area contributed by atoms with Crippen LogP contribution in [0.15, 0.2) is 12.1 Å². The van der Waals surface area contributed by atoms with Crippen LogP contribution in [0, 0.1) is 20.8 Å². The summed E-state index contributed by atoms with van der Waals surface area (Å²) in [6.07, 6.45) is 5.13. The molecule has 0 heterocycles. The minimum atomic E-state index is 0.849. The lowest BCUT2D eigenvalue weighted by Gasteiger charge is -2.15. The van der Waals surface area contributed by atoms with Gasteiger partial charge in [-0.25, -0.2) is 0 Å². The van der Waals surface area contributed by atoms with Crippen molar-refractivity contribution >= 4 is 0 Å². The summed E-state index contributed by atoms with van der Waals surface area (Å²) in [7, 11) is 0. The minimum absolute atomic E-state index is 0.849. The lowest BCUT2D eigenvalue weighted by atomic mass is 10.1. The molecule has 1 N–H and O–H groups in total. The van der Waals surface area contributed by atoms with Crippen molar-refractivity contribution in [1.29, 1.82) is 0 Å². The van der Waals surface area contributed by atoms with Gasteiger partial charge >= 0.3 is 0 Å². The Labute approximate surface area is 131 Å². The molecule has 0 atom stereocenters. The van der Waals surface area contributed by atoms with E-state index in [1.807, 2.05) is 0 Å². The van der Waals surface area contributed by atoms with E-state index >= 15 is 0 Å². The second-order valence-corrected chi connectivity index (χ2v) is 6.17. The van der Waals surface area contributed by atoms with Gasteiger partial charge in [0.1, 0.15) is 5.75 Å².